The summed E-state index contributed by atoms with van der Waals surface area (Å²) in [7, 11) is 1.65. The number of amides is 1. The highest BCUT2D eigenvalue weighted by molar-refractivity contribution is 5.76. The Labute approximate surface area is 166 Å². The van der Waals surface area contributed by atoms with Crippen molar-refractivity contribution in [2.75, 3.05) is 51.3 Å². The van der Waals surface area contributed by atoms with Crippen LogP contribution in [-0.2, 0) is 11.2 Å². The quantitative estimate of drug-likeness (QED) is 0.759. The highest BCUT2D eigenvalue weighted by Gasteiger charge is 2.19. The predicted octanol–water partition coefficient (Wildman–Crippen LogP) is 2.71. The number of halogens is 1. The molecule has 3 rings (SSSR count). The van der Waals surface area contributed by atoms with E-state index >= 15 is 0 Å². The highest BCUT2D eigenvalue weighted by atomic mass is 19.1. The molecule has 2 aromatic carbocycles. The molecule has 1 heterocycles. The van der Waals surface area contributed by atoms with E-state index in [9.17, 15) is 9.18 Å². The van der Waals surface area contributed by atoms with Crippen molar-refractivity contribution in [3.63, 3.8) is 0 Å². The molecular weight excluding hydrogens is 357 g/mol. The highest BCUT2D eigenvalue weighted by Crippen LogP contribution is 2.20. The van der Waals surface area contributed by atoms with Gasteiger partial charge in [-0.1, -0.05) is 24.3 Å². The van der Waals surface area contributed by atoms with Crippen molar-refractivity contribution in [2.24, 2.45) is 0 Å². The van der Waals surface area contributed by atoms with Crippen molar-refractivity contribution < 1.29 is 13.9 Å². The minimum absolute atomic E-state index is 0.0741. The average molecular weight is 385 g/mol. The molecule has 28 heavy (non-hydrogen) atoms. The molecule has 0 atom stereocenters. The van der Waals surface area contributed by atoms with E-state index in [1.807, 2.05) is 36.4 Å². The van der Waals surface area contributed by atoms with Gasteiger partial charge in [0.15, 0.2) is 0 Å². The van der Waals surface area contributed by atoms with Crippen LogP contribution in [0, 0.1) is 5.82 Å². The number of hydrogen-bond acceptors (Lipinski definition) is 4. The number of rotatable bonds is 8. The molecule has 2 aromatic rings. The van der Waals surface area contributed by atoms with Gasteiger partial charge in [-0.25, -0.2) is 4.39 Å². The molecule has 0 unspecified atom stereocenters. The third-order valence-corrected chi connectivity index (χ3v) is 5.12. The van der Waals surface area contributed by atoms with E-state index in [1.165, 1.54) is 11.6 Å². The van der Waals surface area contributed by atoms with Crippen LogP contribution in [0.4, 0.5) is 10.1 Å². The third-order valence-electron chi connectivity index (χ3n) is 5.12. The molecule has 0 spiro atoms. The van der Waals surface area contributed by atoms with E-state index in [1.54, 1.807) is 13.2 Å². The minimum Gasteiger partial charge on any atom is -0.497 e. The summed E-state index contributed by atoms with van der Waals surface area (Å²) >= 11 is 0. The van der Waals surface area contributed by atoms with Crippen molar-refractivity contribution in [3.8, 4) is 5.75 Å². The molecular formula is C22H28FN3O2. The number of nitrogens with zero attached hydrogens (tertiary/aromatic N) is 2. The molecule has 1 fully saturated rings. The normalized spacial score (nSPS) is 14.7. The van der Waals surface area contributed by atoms with E-state index in [4.69, 9.17) is 4.74 Å². The van der Waals surface area contributed by atoms with E-state index in [0.717, 1.165) is 44.9 Å². The lowest BCUT2D eigenvalue weighted by Crippen LogP contribution is -2.47. The van der Waals surface area contributed by atoms with Gasteiger partial charge in [-0.3, -0.25) is 9.69 Å². The molecule has 0 saturated carbocycles. The van der Waals surface area contributed by atoms with Gasteiger partial charge in [0.25, 0.3) is 0 Å². The molecule has 1 saturated heterocycles. The SMILES string of the molecule is COc1ccc(CCNC(=O)CCN2CCN(c3ccccc3F)CC2)cc1. The number of methoxy groups -OCH3 is 1. The van der Waals surface area contributed by atoms with E-state index < -0.39 is 0 Å². The summed E-state index contributed by atoms with van der Waals surface area (Å²) in [6.45, 7) is 4.60. The van der Waals surface area contributed by atoms with Crippen LogP contribution in [0.3, 0.4) is 0 Å². The molecule has 5 nitrogen and oxygen atoms in total. The van der Waals surface area contributed by atoms with Crippen LogP contribution in [0.5, 0.6) is 5.75 Å². The predicted molar refractivity (Wildman–Crippen MR) is 109 cm³/mol. The van der Waals surface area contributed by atoms with Crippen molar-refractivity contribution >= 4 is 11.6 Å². The number of carbonyl (C=O) groups excluding carboxylic acids is 1. The van der Waals surface area contributed by atoms with Gasteiger partial charge in [0.05, 0.1) is 12.8 Å². The maximum absolute atomic E-state index is 13.9. The zero-order valence-electron chi connectivity index (χ0n) is 16.4. The summed E-state index contributed by atoms with van der Waals surface area (Å²) in [5, 5.41) is 2.98. The smallest absolute Gasteiger partial charge is 0.221 e. The molecule has 0 aliphatic carbocycles. The molecule has 1 aliphatic rings. The van der Waals surface area contributed by atoms with Crippen molar-refractivity contribution in [1.29, 1.82) is 0 Å². The number of ether oxygens (including phenoxy) is 1. The van der Waals surface area contributed by atoms with Crippen LogP contribution in [-0.4, -0.2) is 57.2 Å². The number of para-hydroxylation sites is 1. The van der Waals surface area contributed by atoms with Gasteiger partial charge in [0.1, 0.15) is 11.6 Å². The van der Waals surface area contributed by atoms with Crippen molar-refractivity contribution in [1.82, 2.24) is 10.2 Å². The van der Waals surface area contributed by atoms with Gasteiger partial charge < -0.3 is 15.0 Å². The lowest BCUT2D eigenvalue weighted by atomic mass is 10.1. The third kappa shape index (κ3) is 5.70. The Morgan fingerprint density at radius 3 is 2.46 bits per heavy atom. The zero-order chi connectivity index (χ0) is 19.8. The van der Waals surface area contributed by atoms with Crippen LogP contribution in [0.15, 0.2) is 48.5 Å². The molecule has 1 N–H and O–H groups in total. The molecule has 6 heteroatoms. The summed E-state index contributed by atoms with van der Waals surface area (Å²) in [5.74, 6) is 0.736. The van der Waals surface area contributed by atoms with Crippen molar-refractivity contribution in [3.05, 3.63) is 59.9 Å². The maximum atomic E-state index is 13.9. The second-order valence-electron chi connectivity index (χ2n) is 6.98. The topological polar surface area (TPSA) is 44.8 Å². The van der Waals surface area contributed by atoms with Crippen LogP contribution in [0.25, 0.3) is 0 Å². The molecule has 1 amide bonds. The fourth-order valence-corrected chi connectivity index (χ4v) is 3.41. The second-order valence-corrected chi connectivity index (χ2v) is 6.98. The van der Waals surface area contributed by atoms with Gasteiger partial charge >= 0.3 is 0 Å². The number of anilines is 1. The van der Waals surface area contributed by atoms with Crippen LogP contribution in [0.1, 0.15) is 12.0 Å². The first-order chi connectivity index (χ1) is 13.7. The van der Waals surface area contributed by atoms with Gasteiger partial charge in [0, 0.05) is 45.7 Å². The molecule has 0 bridgehead atoms. The Kier molecular flexibility index (Phi) is 7.25. The minimum atomic E-state index is -0.174. The van der Waals surface area contributed by atoms with E-state index in [2.05, 4.69) is 15.1 Å². The first-order valence-corrected chi connectivity index (χ1v) is 9.77. The number of nitrogens with one attached hydrogen (secondary N) is 1. The Balaban J connectivity index is 1.32. The Morgan fingerprint density at radius 1 is 1.07 bits per heavy atom. The number of benzene rings is 2. The summed E-state index contributed by atoms with van der Waals surface area (Å²) in [6, 6.07) is 14.8. The van der Waals surface area contributed by atoms with Crippen LogP contribution >= 0.6 is 0 Å². The average Bonchev–Trinajstić information content (AvgIpc) is 2.73. The summed E-state index contributed by atoms with van der Waals surface area (Å²) in [5.41, 5.74) is 1.84. The Bertz CT molecular complexity index is 759. The molecule has 1 aliphatic heterocycles. The summed E-state index contributed by atoms with van der Waals surface area (Å²) in [4.78, 5) is 16.4. The van der Waals surface area contributed by atoms with E-state index in [-0.39, 0.29) is 11.7 Å². The fourth-order valence-electron chi connectivity index (χ4n) is 3.41. The lowest BCUT2D eigenvalue weighted by molar-refractivity contribution is -0.121. The molecule has 150 valence electrons. The van der Waals surface area contributed by atoms with Gasteiger partial charge in [0.2, 0.25) is 5.91 Å². The lowest BCUT2D eigenvalue weighted by Gasteiger charge is -2.36. The first kappa shape index (κ1) is 20.1. The largest absolute Gasteiger partial charge is 0.497 e. The number of carbonyl (C=O) groups is 1. The van der Waals surface area contributed by atoms with Crippen LogP contribution < -0.4 is 15.0 Å². The van der Waals surface area contributed by atoms with Gasteiger partial charge in [-0.05, 0) is 36.2 Å². The van der Waals surface area contributed by atoms with Gasteiger partial charge in [-0.2, -0.15) is 0 Å². The van der Waals surface area contributed by atoms with Crippen LogP contribution in [0.2, 0.25) is 0 Å². The summed E-state index contributed by atoms with van der Waals surface area (Å²) in [6.07, 6.45) is 1.29. The zero-order valence-corrected chi connectivity index (χ0v) is 16.4. The fraction of sp³-hybridized carbons (Fsp3) is 0.409. The maximum Gasteiger partial charge on any atom is 0.221 e. The van der Waals surface area contributed by atoms with Gasteiger partial charge in [-0.15, -0.1) is 0 Å². The first-order valence-electron chi connectivity index (χ1n) is 9.77. The molecule has 0 radical (unpaired) electrons. The van der Waals surface area contributed by atoms with Crippen molar-refractivity contribution in [2.45, 2.75) is 12.8 Å². The standard InChI is InChI=1S/C22H28FN3O2/c1-28-19-8-6-18(7-9-19)10-12-24-22(27)11-13-25-14-16-26(17-15-25)21-5-3-2-4-20(21)23/h2-9H,10-17H2,1H3,(H,24,27). The Hall–Kier alpha value is -2.60. The summed E-state index contributed by atoms with van der Waals surface area (Å²) < 4.78 is 19.0. The molecule has 0 aromatic heterocycles. The second kappa shape index (κ2) is 10.1. The number of piperazine rings is 1. The number of hydrogen-bond donors (Lipinski definition) is 1. The Morgan fingerprint density at radius 2 is 1.79 bits per heavy atom. The monoisotopic (exact) mass is 385 g/mol. The van der Waals surface area contributed by atoms with E-state index in [0.29, 0.717) is 18.7 Å².